The van der Waals surface area contributed by atoms with Gasteiger partial charge in [0, 0.05) is 4.88 Å². The lowest BCUT2D eigenvalue weighted by atomic mass is 10.0. The van der Waals surface area contributed by atoms with E-state index in [1.807, 2.05) is 0 Å². The SMILES string of the molecule is NCCC(O)C(O)c1csc(CC(=O)O)c1. The maximum absolute atomic E-state index is 10.5. The van der Waals surface area contributed by atoms with Crippen LogP contribution in [0.4, 0.5) is 0 Å². The maximum atomic E-state index is 10.5. The van der Waals surface area contributed by atoms with Crippen LogP contribution >= 0.6 is 11.3 Å². The van der Waals surface area contributed by atoms with E-state index in [2.05, 4.69) is 0 Å². The third-order valence-corrected chi connectivity index (χ3v) is 3.12. The van der Waals surface area contributed by atoms with Crippen molar-refractivity contribution in [1.82, 2.24) is 0 Å². The van der Waals surface area contributed by atoms with Crippen molar-refractivity contribution in [3.63, 3.8) is 0 Å². The fourth-order valence-electron chi connectivity index (χ4n) is 1.35. The van der Waals surface area contributed by atoms with Gasteiger partial charge in [-0.25, -0.2) is 0 Å². The van der Waals surface area contributed by atoms with Crippen molar-refractivity contribution in [3.05, 3.63) is 21.9 Å². The van der Waals surface area contributed by atoms with Crippen LogP contribution in [0.25, 0.3) is 0 Å². The van der Waals surface area contributed by atoms with Crippen molar-refractivity contribution >= 4 is 17.3 Å². The summed E-state index contributed by atoms with van der Waals surface area (Å²) in [6.45, 7) is 0.296. The quantitative estimate of drug-likeness (QED) is 0.570. The molecule has 6 heteroatoms. The summed E-state index contributed by atoms with van der Waals surface area (Å²) in [5.41, 5.74) is 5.81. The predicted octanol–water partition coefficient (Wildman–Crippen LogP) is 0.118. The number of hydrogen-bond donors (Lipinski definition) is 4. The third kappa shape index (κ3) is 3.57. The average molecular weight is 245 g/mol. The fraction of sp³-hybridized carbons (Fsp3) is 0.500. The molecule has 0 amide bonds. The Morgan fingerprint density at radius 1 is 1.50 bits per heavy atom. The Bertz CT molecular complexity index is 352. The minimum atomic E-state index is -0.998. The van der Waals surface area contributed by atoms with Crippen molar-refractivity contribution in [2.24, 2.45) is 5.73 Å². The Kier molecular flexibility index (Phi) is 4.88. The molecule has 5 nitrogen and oxygen atoms in total. The highest BCUT2D eigenvalue weighted by Crippen LogP contribution is 2.24. The second-order valence-electron chi connectivity index (χ2n) is 3.51. The lowest BCUT2D eigenvalue weighted by Crippen LogP contribution is -2.21. The van der Waals surface area contributed by atoms with Crippen LogP contribution in [0.5, 0.6) is 0 Å². The molecule has 16 heavy (non-hydrogen) atoms. The van der Waals surface area contributed by atoms with Gasteiger partial charge >= 0.3 is 5.97 Å². The number of hydrogen-bond acceptors (Lipinski definition) is 5. The van der Waals surface area contributed by atoms with Crippen molar-refractivity contribution in [1.29, 1.82) is 0 Å². The molecule has 0 bridgehead atoms. The predicted molar refractivity (Wildman–Crippen MR) is 60.3 cm³/mol. The van der Waals surface area contributed by atoms with E-state index in [9.17, 15) is 15.0 Å². The molecule has 1 aromatic heterocycles. The molecule has 0 fully saturated rings. The molecule has 2 unspecified atom stereocenters. The van der Waals surface area contributed by atoms with Gasteiger partial charge in [0.25, 0.3) is 0 Å². The second kappa shape index (κ2) is 5.95. The van der Waals surface area contributed by atoms with Crippen molar-refractivity contribution in [2.75, 3.05) is 6.54 Å². The summed E-state index contributed by atoms with van der Waals surface area (Å²) < 4.78 is 0. The molecule has 90 valence electrons. The summed E-state index contributed by atoms with van der Waals surface area (Å²) in [6, 6.07) is 1.60. The Hall–Kier alpha value is -0.950. The van der Waals surface area contributed by atoms with Gasteiger partial charge < -0.3 is 21.1 Å². The van der Waals surface area contributed by atoms with Gasteiger partial charge in [-0.15, -0.1) is 11.3 Å². The second-order valence-corrected chi connectivity index (χ2v) is 4.50. The number of carbonyl (C=O) groups is 1. The van der Waals surface area contributed by atoms with Crippen LogP contribution in [0.2, 0.25) is 0 Å². The first-order chi connectivity index (χ1) is 7.54. The van der Waals surface area contributed by atoms with E-state index in [0.29, 0.717) is 23.4 Å². The highest BCUT2D eigenvalue weighted by Gasteiger charge is 2.19. The van der Waals surface area contributed by atoms with E-state index < -0.39 is 18.2 Å². The number of nitrogens with two attached hydrogens (primary N) is 1. The fourth-order valence-corrected chi connectivity index (χ4v) is 2.25. The number of carboxylic acid groups (broad SMARTS) is 1. The molecule has 0 aliphatic rings. The van der Waals surface area contributed by atoms with E-state index in [-0.39, 0.29) is 6.42 Å². The lowest BCUT2D eigenvalue weighted by molar-refractivity contribution is -0.136. The minimum absolute atomic E-state index is 0.0651. The van der Waals surface area contributed by atoms with E-state index in [1.165, 1.54) is 11.3 Å². The number of carboxylic acids is 1. The Balaban J connectivity index is 2.65. The Labute approximate surface area is 97.1 Å². The molecule has 0 spiro atoms. The molecule has 0 aliphatic carbocycles. The number of aliphatic hydroxyl groups is 2. The summed E-state index contributed by atoms with van der Waals surface area (Å²) in [5, 5.41) is 29.5. The summed E-state index contributed by atoms with van der Waals surface area (Å²) >= 11 is 1.26. The van der Waals surface area contributed by atoms with Crippen LogP contribution in [0, 0.1) is 0 Å². The molecule has 2 atom stereocenters. The molecule has 1 rings (SSSR count). The first-order valence-corrected chi connectivity index (χ1v) is 5.78. The average Bonchev–Trinajstić information content (AvgIpc) is 2.64. The molecular weight excluding hydrogens is 230 g/mol. The molecule has 1 aromatic rings. The summed E-state index contributed by atoms with van der Waals surface area (Å²) in [4.78, 5) is 11.1. The Morgan fingerprint density at radius 2 is 2.19 bits per heavy atom. The van der Waals surface area contributed by atoms with Gasteiger partial charge in [0.1, 0.15) is 6.10 Å². The lowest BCUT2D eigenvalue weighted by Gasteiger charge is -2.15. The summed E-state index contributed by atoms with van der Waals surface area (Å²) in [6.07, 6.45) is -1.66. The molecule has 0 aliphatic heterocycles. The largest absolute Gasteiger partial charge is 0.481 e. The van der Waals surface area contributed by atoms with Gasteiger partial charge in [-0.1, -0.05) is 0 Å². The zero-order valence-electron chi connectivity index (χ0n) is 8.67. The third-order valence-electron chi connectivity index (χ3n) is 2.17. The van der Waals surface area contributed by atoms with Crippen LogP contribution in [0.1, 0.15) is 23.0 Å². The zero-order chi connectivity index (χ0) is 12.1. The normalized spacial score (nSPS) is 14.7. The minimum Gasteiger partial charge on any atom is -0.481 e. The highest BCUT2D eigenvalue weighted by molar-refractivity contribution is 7.10. The molecule has 0 radical (unpaired) electrons. The number of aliphatic hydroxyl groups excluding tert-OH is 2. The van der Waals surface area contributed by atoms with Gasteiger partial charge in [0.2, 0.25) is 0 Å². The number of rotatable bonds is 6. The summed E-state index contributed by atoms with van der Waals surface area (Å²) in [7, 11) is 0. The first-order valence-electron chi connectivity index (χ1n) is 4.90. The van der Waals surface area contributed by atoms with Crippen LogP contribution in [-0.4, -0.2) is 33.9 Å². The summed E-state index contributed by atoms with van der Waals surface area (Å²) in [5.74, 6) is -0.912. The van der Waals surface area contributed by atoms with Crippen LogP contribution < -0.4 is 5.73 Å². The van der Waals surface area contributed by atoms with Gasteiger partial charge in [0.05, 0.1) is 12.5 Å². The van der Waals surface area contributed by atoms with Crippen LogP contribution in [0.3, 0.4) is 0 Å². The molecule has 0 aromatic carbocycles. The van der Waals surface area contributed by atoms with Gasteiger partial charge in [-0.3, -0.25) is 4.79 Å². The highest BCUT2D eigenvalue weighted by atomic mass is 32.1. The first kappa shape index (κ1) is 13.1. The van der Waals surface area contributed by atoms with Crippen LogP contribution in [0.15, 0.2) is 11.4 Å². The molecule has 0 saturated heterocycles. The van der Waals surface area contributed by atoms with Crippen molar-refractivity contribution in [3.8, 4) is 0 Å². The maximum Gasteiger partial charge on any atom is 0.308 e. The molecule has 1 heterocycles. The van der Waals surface area contributed by atoms with Gasteiger partial charge in [-0.2, -0.15) is 0 Å². The van der Waals surface area contributed by atoms with Gasteiger partial charge in [-0.05, 0) is 30.0 Å². The van der Waals surface area contributed by atoms with Gasteiger partial charge in [0.15, 0.2) is 0 Å². The van der Waals surface area contributed by atoms with E-state index in [1.54, 1.807) is 11.4 Å². The topological polar surface area (TPSA) is 104 Å². The number of aliphatic carboxylic acids is 1. The van der Waals surface area contributed by atoms with E-state index in [4.69, 9.17) is 10.8 Å². The molecule has 0 saturated carbocycles. The number of thiophene rings is 1. The standard InChI is InChI=1S/C10H15NO4S/c11-2-1-8(12)10(15)6-3-7(16-5-6)4-9(13)14/h3,5,8,10,12,15H,1-2,4,11H2,(H,13,14). The van der Waals surface area contributed by atoms with Crippen molar-refractivity contribution < 1.29 is 20.1 Å². The monoisotopic (exact) mass is 245 g/mol. The van der Waals surface area contributed by atoms with Crippen LogP contribution in [-0.2, 0) is 11.2 Å². The van der Waals surface area contributed by atoms with E-state index >= 15 is 0 Å². The van der Waals surface area contributed by atoms with E-state index in [0.717, 1.165) is 0 Å². The Morgan fingerprint density at radius 3 is 2.75 bits per heavy atom. The smallest absolute Gasteiger partial charge is 0.308 e. The molecule has 5 N–H and O–H groups in total. The molecular formula is C10H15NO4S. The van der Waals surface area contributed by atoms with Crippen molar-refractivity contribution in [2.45, 2.75) is 25.0 Å². The zero-order valence-corrected chi connectivity index (χ0v) is 9.48.